The first kappa shape index (κ1) is 9.27. The molecular formula is C8H10BrN3. The lowest BCUT2D eigenvalue weighted by molar-refractivity contribution is 0.775. The van der Waals surface area contributed by atoms with E-state index in [1.165, 1.54) is 0 Å². The monoisotopic (exact) mass is 227 g/mol. The summed E-state index contributed by atoms with van der Waals surface area (Å²) in [4.78, 5) is 4.28. The zero-order valence-electron chi connectivity index (χ0n) is 7.13. The second-order valence-corrected chi connectivity index (χ2v) is 3.26. The molecule has 0 radical (unpaired) electrons. The Balaban J connectivity index is 3.11. The van der Waals surface area contributed by atoms with Gasteiger partial charge in [0, 0.05) is 13.5 Å². The fraction of sp³-hybridized carbons (Fsp3) is 0.500. The fourth-order valence-corrected chi connectivity index (χ4v) is 1.74. The van der Waals surface area contributed by atoms with Gasteiger partial charge >= 0.3 is 0 Å². The van der Waals surface area contributed by atoms with Gasteiger partial charge in [0.2, 0.25) is 0 Å². The van der Waals surface area contributed by atoms with E-state index in [1.54, 1.807) is 0 Å². The molecule has 64 valence electrons. The Kier molecular flexibility index (Phi) is 2.88. The number of aromatic nitrogens is 2. The van der Waals surface area contributed by atoms with Crippen LogP contribution in [0.3, 0.4) is 0 Å². The predicted molar refractivity (Wildman–Crippen MR) is 49.6 cm³/mol. The molecule has 0 N–H and O–H groups in total. The average Bonchev–Trinajstić information content (AvgIpc) is 2.32. The van der Waals surface area contributed by atoms with Gasteiger partial charge in [-0.05, 0) is 15.9 Å². The lowest BCUT2D eigenvalue weighted by atomic mass is 10.3. The minimum absolute atomic E-state index is 0.407. The van der Waals surface area contributed by atoms with E-state index in [4.69, 9.17) is 5.26 Å². The first-order valence-corrected chi connectivity index (χ1v) is 4.56. The summed E-state index contributed by atoms with van der Waals surface area (Å²) in [5.74, 6) is 1.01. The normalized spacial score (nSPS) is 9.83. The molecule has 0 fully saturated rings. The van der Waals surface area contributed by atoms with Crippen molar-refractivity contribution >= 4 is 15.9 Å². The molecule has 0 spiro atoms. The lowest BCUT2D eigenvalue weighted by Crippen LogP contribution is -2.00. The van der Waals surface area contributed by atoms with Gasteiger partial charge in [0.25, 0.3) is 0 Å². The van der Waals surface area contributed by atoms with E-state index in [2.05, 4.69) is 27.0 Å². The lowest BCUT2D eigenvalue weighted by Gasteiger charge is -1.99. The van der Waals surface area contributed by atoms with Crippen molar-refractivity contribution in [2.75, 3.05) is 0 Å². The standard InChI is InChI=1S/C8H10BrN3/c1-3-7-11-8(9)6(4-5-10)12(7)2/h3-4H2,1-2H3. The van der Waals surface area contributed by atoms with Crippen LogP contribution < -0.4 is 0 Å². The molecule has 0 aliphatic heterocycles. The van der Waals surface area contributed by atoms with Crippen LogP contribution in [0.2, 0.25) is 0 Å². The van der Waals surface area contributed by atoms with Crippen LogP contribution in [0.25, 0.3) is 0 Å². The van der Waals surface area contributed by atoms with Crippen molar-refractivity contribution in [1.29, 1.82) is 5.26 Å². The molecule has 12 heavy (non-hydrogen) atoms. The van der Waals surface area contributed by atoms with Crippen LogP contribution in [-0.2, 0) is 19.9 Å². The van der Waals surface area contributed by atoms with E-state index in [-0.39, 0.29) is 0 Å². The highest BCUT2D eigenvalue weighted by Crippen LogP contribution is 2.17. The SMILES string of the molecule is CCc1nc(Br)c(CC#N)n1C. The highest BCUT2D eigenvalue weighted by molar-refractivity contribution is 9.10. The third-order valence-electron chi connectivity index (χ3n) is 1.82. The number of halogens is 1. The maximum atomic E-state index is 8.54. The maximum absolute atomic E-state index is 8.54. The number of imidazole rings is 1. The molecule has 0 aliphatic rings. The van der Waals surface area contributed by atoms with Gasteiger partial charge in [-0.1, -0.05) is 6.92 Å². The van der Waals surface area contributed by atoms with Crippen molar-refractivity contribution in [2.45, 2.75) is 19.8 Å². The molecule has 0 saturated heterocycles. The third-order valence-corrected chi connectivity index (χ3v) is 2.46. The molecule has 0 unspecified atom stereocenters. The van der Waals surface area contributed by atoms with Crippen LogP contribution in [0.5, 0.6) is 0 Å². The number of rotatable bonds is 2. The number of nitrogens with zero attached hydrogens (tertiary/aromatic N) is 3. The summed E-state index contributed by atoms with van der Waals surface area (Å²) >= 11 is 3.33. The van der Waals surface area contributed by atoms with Gasteiger partial charge < -0.3 is 4.57 Å². The zero-order valence-corrected chi connectivity index (χ0v) is 8.72. The summed E-state index contributed by atoms with van der Waals surface area (Å²) in [5, 5.41) is 8.54. The molecule has 0 bridgehead atoms. The third kappa shape index (κ3) is 1.51. The summed E-state index contributed by atoms with van der Waals surface area (Å²) in [6.45, 7) is 2.05. The Morgan fingerprint density at radius 3 is 2.75 bits per heavy atom. The van der Waals surface area contributed by atoms with Gasteiger partial charge in [-0.25, -0.2) is 4.98 Å². The maximum Gasteiger partial charge on any atom is 0.128 e. The summed E-state index contributed by atoms with van der Waals surface area (Å²) in [6, 6.07) is 2.11. The Labute approximate surface area is 80.2 Å². The number of hydrogen-bond donors (Lipinski definition) is 0. The van der Waals surface area contributed by atoms with Crippen molar-refractivity contribution in [2.24, 2.45) is 7.05 Å². The van der Waals surface area contributed by atoms with Crippen molar-refractivity contribution in [1.82, 2.24) is 9.55 Å². The van der Waals surface area contributed by atoms with Crippen molar-refractivity contribution in [3.05, 3.63) is 16.1 Å². The topological polar surface area (TPSA) is 41.6 Å². The average molecular weight is 228 g/mol. The van der Waals surface area contributed by atoms with Crippen LogP contribution >= 0.6 is 15.9 Å². The van der Waals surface area contributed by atoms with E-state index in [1.807, 2.05) is 18.5 Å². The summed E-state index contributed by atoms with van der Waals surface area (Å²) < 4.78 is 2.76. The van der Waals surface area contributed by atoms with Crippen LogP contribution in [0.15, 0.2) is 4.60 Å². The Morgan fingerprint density at radius 2 is 2.33 bits per heavy atom. The molecule has 0 amide bonds. The van der Waals surface area contributed by atoms with Crippen molar-refractivity contribution < 1.29 is 0 Å². The molecule has 0 aromatic carbocycles. The van der Waals surface area contributed by atoms with Gasteiger partial charge in [0.05, 0.1) is 18.2 Å². The van der Waals surface area contributed by atoms with Crippen LogP contribution in [-0.4, -0.2) is 9.55 Å². The van der Waals surface area contributed by atoms with Gasteiger partial charge in [0.15, 0.2) is 0 Å². The van der Waals surface area contributed by atoms with Crippen molar-refractivity contribution in [3.63, 3.8) is 0 Å². The molecule has 1 aromatic rings. The zero-order chi connectivity index (χ0) is 9.14. The van der Waals surface area contributed by atoms with Gasteiger partial charge in [0.1, 0.15) is 10.4 Å². The van der Waals surface area contributed by atoms with E-state index in [0.717, 1.165) is 22.5 Å². The summed E-state index contributed by atoms with van der Waals surface area (Å²) in [5.41, 5.74) is 0.953. The second-order valence-electron chi connectivity index (χ2n) is 2.51. The quantitative estimate of drug-likeness (QED) is 0.774. The summed E-state index contributed by atoms with van der Waals surface area (Å²) in [7, 11) is 1.93. The number of nitriles is 1. The fourth-order valence-electron chi connectivity index (χ4n) is 1.13. The first-order chi connectivity index (χ1) is 5.70. The Bertz CT molecular complexity index is 322. The van der Waals surface area contributed by atoms with E-state index < -0.39 is 0 Å². The van der Waals surface area contributed by atoms with Crippen molar-refractivity contribution in [3.8, 4) is 6.07 Å². The highest BCUT2D eigenvalue weighted by atomic mass is 79.9. The first-order valence-electron chi connectivity index (χ1n) is 3.77. The molecule has 0 saturated carbocycles. The van der Waals surface area contributed by atoms with Gasteiger partial charge in [-0.2, -0.15) is 5.26 Å². The molecular weight excluding hydrogens is 218 g/mol. The smallest absolute Gasteiger partial charge is 0.128 e. The largest absolute Gasteiger partial charge is 0.333 e. The van der Waals surface area contributed by atoms with Crippen LogP contribution in [0.1, 0.15) is 18.4 Å². The molecule has 3 nitrogen and oxygen atoms in total. The van der Waals surface area contributed by atoms with Crippen LogP contribution in [0, 0.1) is 11.3 Å². The van der Waals surface area contributed by atoms with Gasteiger partial charge in [-0.15, -0.1) is 0 Å². The van der Waals surface area contributed by atoms with E-state index in [9.17, 15) is 0 Å². The molecule has 1 aromatic heterocycles. The van der Waals surface area contributed by atoms with Gasteiger partial charge in [-0.3, -0.25) is 0 Å². The minimum atomic E-state index is 0.407. The molecule has 4 heteroatoms. The Hall–Kier alpha value is -0.820. The summed E-state index contributed by atoms with van der Waals surface area (Å²) in [6.07, 6.45) is 1.30. The molecule has 0 aliphatic carbocycles. The second kappa shape index (κ2) is 3.72. The van der Waals surface area contributed by atoms with Crippen LogP contribution in [0.4, 0.5) is 0 Å². The van der Waals surface area contributed by atoms with E-state index >= 15 is 0 Å². The molecule has 1 rings (SSSR count). The predicted octanol–water partition coefficient (Wildman–Crippen LogP) is 1.81. The Morgan fingerprint density at radius 1 is 1.67 bits per heavy atom. The highest BCUT2D eigenvalue weighted by Gasteiger charge is 2.09. The number of hydrogen-bond acceptors (Lipinski definition) is 2. The molecule has 0 atom stereocenters. The molecule has 1 heterocycles. The van der Waals surface area contributed by atoms with E-state index in [0.29, 0.717) is 6.42 Å². The minimum Gasteiger partial charge on any atom is -0.333 e. The number of aryl methyl sites for hydroxylation is 1.